The van der Waals surface area contributed by atoms with Crippen LogP contribution >= 0.6 is 11.6 Å². The number of carbonyl (C=O) groups excluding carboxylic acids is 2. The highest BCUT2D eigenvalue weighted by molar-refractivity contribution is 6.35. The van der Waals surface area contributed by atoms with E-state index in [-0.39, 0.29) is 46.7 Å². The Kier molecular flexibility index (Phi) is 4.21. The fourth-order valence-corrected chi connectivity index (χ4v) is 3.93. The zero-order valence-electron chi connectivity index (χ0n) is 14.0. The highest BCUT2D eigenvalue weighted by atomic mass is 35.5. The summed E-state index contributed by atoms with van der Waals surface area (Å²) in [6.45, 7) is 1.81. The van der Waals surface area contributed by atoms with E-state index in [2.05, 4.69) is 0 Å². The number of ketones is 2. The Morgan fingerprint density at radius 3 is 2.42 bits per heavy atom. The molecule has 0 radical (unpaired) electrons. The maximum absolute atomic E-state index is 13.3. The van der Waals surface area contributed by atoms with Crippen LogP contribution in [-0.2, 0) is 9.53 Å². The predicted octanol–water partition coefficient (Wildman–Crippen LogP) is 2.69. The summed E-state index contributed by atoms with van der Waals surface area (Å²) in [5.74, 6) is 0.322. The molecule has 3 rings (SSSR count). The van der Waals surface area contributed by atoms with Crippen molar-refractivity contribution in [2.75, 3.05) is 21.3 Å². The van der Waals surface area contributed by atoms with E-state index in [4.69, 9.17) is 30.5 Å². The molecule has 0 aromatic heterocycles. The van der Waals surface area contributed by atoms with Crippen molar-refractivity contribution in [1.29, 1.82) is 0 Å². The van der Waals surface area contributed by atoms with Gasteiger partial charge in [-0.15, -0.1) is 0 Å². The van der Waals surface area contributed by atoms with Crippen molar-refractivity contribution in [3.8, 4) is 17.2 Å². The first-order chi connectivity index (χ1) is 11.4. The van der Waals surface area contributed by atoms with Crippen molar-refractivity contribution in [1.82, 2.24) is 0 Å². The van der Waals surface area contributed by atoms with Crippen molar-refractivity contribution < 1.29 is 28.5 Å². The summed E-state index contributed by atoms with van der Waals surface area (Å²) in [5, 5.41) is 0.206. The highest BCUT2D eigenvalue weighted by Crippen LogP contribution is 2.54. The normalized spacial score (nSPS) is 28.7. The van der Waals surface area contributed by atoms with Gasteiger partial charge in [-0.2, -0.15) is 0 Å². The second kappa shape index (κ2) is 5.93. The molecule has 0 saturated heterocycles. The summed E-state index contributed by atoms with van der Waals surface area (Å²) < 4.78 is 22.1. The topological polar surface area (TPSA) is 71.1 Å². The zero-order valence-corrected chi connectivity index (χ0v) is 14.7. The molecule has 1 aromatic rings. The molecule has 1 spiro atoms. The van der Waals surface area contributed by atoms with Gasteiger partial charge in [-0.3, -0.25) is 9.59 Å². The zero-order chi connectivity index (χ0) is 17.6. The van der Waals surface area contributed by atoms with Gasteiger partial charge in [-0.05, 0) is 0 Å². The van der Waals surface area contributed by atoms with E-state index < -0.39 is 11.7 Å². The summed E-state index contributed by atoms with van der Waals surface area (Å²) in [6, 6.07) is 1.56. The van der Waals surface area contributed by atoms with E-state index in [0.717, 1.165) is 0 Å². The van der Waals surface area contributed by atoms with Gasteiger partial charge in [0.05, 0.1) is 14.2 Å². The summed E-state index contributed by atoms with van der Waals surface area (Å²) in [6.07, 6.45) is -0.311. The lowest BCUT2D eigenvalue weighted by Crippen LogP contribution is -2.60. The van der Waals surface area contributed by atoms with Crippen LogP contribution in [0.3, 0.4) is 0 Å². The van der Waals surface area contributed by atoms with Crippen molar-refractivity contribution in [3.63, 3.8) is 0 Å². The Labute approximate surface area is 145 Å². The maximum Gasteiger partial charge on any atom is 0.216 e. The van der Waals surface area contributed by atoms with Crippen LogP contribution in [0.25, 0.3) is 0 Å². The molecule has 7 heteroatoms. The first kappa shape index (κ1) is 17.0. The third kappa shape index (κ3) is 2.13. The molecule has 0 amide bonds. The van der Waals surface area contributed by atoms with Gasteiger partial charge in [0.15, 0.2) is 5.75 Å². The minimum absolute atomic E-state index is 0.0444. The molecule has 1 aliphatic carbocycles. The van der Waals surface area contributed by atoms with E-state index in [9.17, 15) is 9.59 Å². The number of rotatable bonds is 3. The fourth-order valence-electron chi connectivity index (χ4n) is 3.67. The average Bonchev–Trinajstić information content (AvgIpc) is 2.87. The summed E-state index contributed by atoms with van der Waals surface area (Å²) in [4.78, 5) is 25.2. The lowest BCUT2D eigenvalue weighted by molar-refractivity contribution is -0.139. The monoisotopic (exact) mass is 354 g/mol. The summed E-state index contributed by atoms with van der Waals surface area (Å²) in [5.41, 5.74) is -1.01. The molecule has 3 atom stereocenters. The minimum atomic E-state index is -1.28. The Balaban J connectivity index is 2.20. The van der Waals surface area contributed by atoms with Crippen LogP contribution in [0.1, 0.15) is 30.1 Å². The molecule has 0 N–H and O–H groups in total. The van der Waals surface area contributed by atoms with Crippen LogP contribution in [0.5, 0.6) is 17.2 Å². The number of carbonyl (C=O) groups is 2. The molecular formula is C17H19ClO6. The number of Topliss-reactive ketones (excluding diaryl/α,β-unsaturated/α-hetero) is 2. The molecule has 1 saturated carbocycles. The Morgan fingerprint density at radius 2 is 1.83 bits per heavy atom. The average molecular weight is 355 g/mol. The van der Waals surface area contributed by atoms with Gasteiger partial charge in [0.2, 0.25) is 11.4 Å². The number of hydrogen-bond donors (Lipinski definition) is 0. The van der Waals surface area contributed by atoms with Gasteiger partial charge < -0.3 is 18.9 Å². The fraction of sp³-hybridized carbons (Fsp3) is 0.529. The molecule has 1 aromatic carbocycles. The number of halogens is 1. The predicted molar refractivity (Wildman–Crippen MR) is 86.4 cm³/mol. The second-order valence-electron chi connectivity index (χ2n) is 6.10. The molecule has 0 bridgehead atoms. The molecular weight excluding hydrogens is 336 g/mol. The molecule has 0 unspecified atom stereocenters. The molecule has 1 fully saturated rings. The van der Waals surface area contributed by atoms with Gasteiger partial charge in [-0.1, -0.05) is 18.5 Å². The van der Waals surface area contributed by atoms with Crippen LogP contribution < -0.4 is 14.2 Å². The molecule has 24 heavy (non-hydrogen) atoms. The summed E-state index contributed by atoms with van der Waals surface area (Å²) >= 11 is 6.35. The van der Waals surface area contributed by atoms with Crippen molar-refractivity contribution in [2.24, 2.45) is 5.92 Å². The lowest BCUT2D eigenvalue weighted by Gasteiger charge is -2.42. The number of fused-ring (bicyclic) bond motifs is 1. The first-order valence-corrected chi connectivity index (χ1v) is 8.01. The van der Waals surface area contributed by atoms with E-state index in [0.29, 0.717) is 11.5 Å². The van der Waals surface area contributed by atoms with Gasteiger partial charge >= 0.3 is 0 Å². The number of ether oxygens (including phenoxy) is 4. The van der Waals surface area contributed by atoms with Crippen LogP contribution in [0, 0.1) is 5.92 Å². The Morgan fingerprint density at radius 1 is 1.17 bits per heavy atom. The third-order valence-corrected chi connectivity index (χ3v) is 5.24. The van der Waals surface area contributed by atoms with Crippen molar-refractivity contribution in [2.45, 2.75) is 31.5 Å². The Bertz CT molecular complexity index is 716. The number of methoxy groups -OCH3 is 3. The number of benzene rings is 1. The second-order valence-corrected chi connectivity index (χ2v) is 6.47. The van der Waals surface area contributed by atoms with Crippen molar-refractivity contribution >= 4 is 23.2 Å². The van der Waals surface area contributed by atoms with Crippen LogP contribution in [0.4, 0.5) is 0 Å². The third-order valence-electron chi connectivity index (χ3n) is 4.89. The first-order valence-electron chi connectivity index (χ1n) is 7.63. The van der Waals surface area contributed by atoms with Crippen molar-refractivity contribution in [3.05, 3.63) is 16.7 Å². The van der Waals surface area contributed by atoms with Gasteiger partial charge in [0.25, 0.3) is 0 Å². The largest absolute Gasteiger partial charge is 0.496 e. The standard InChI is InChI=1S/C17H19ClO6/c1-8-5-9(19)6-12(23-4)17(8)16(20)13-10(21-2)7-11(22-3)14(18)15(13)24-17/h7-8,12H,5-6H2,1-4H3/t8-,12+,17+/m1/s1. The van der Waals surface area contributed by atoms with Crippen LogP contribution in [-0.4, -0.2) is 44.6 Å². The minimum Gasteiger partial charge on any atom is -0.496 e. The molecule has 1 heterocycles. The van der Waals surface area contributed by atoms with Gasteiger partial charge in [0, 0.05) is 31.9 Å². The molecule has 2 aliphatic rings. The Hall–Kier alpha value is -1.79. The quantitative estimate of drug-likeness (QED) is 0.831. The smallest absolute Gasteiger partial charge is 0.216 e. The van der Waals surface area contributed by atoms with Gasteiger partial charge in [0.1, 0.15) is 34.0 Å². The lowest BCUT2D eigenvalue weighted by atomic mass is 9.71. The number of hydrogen-bond acceptors (Lipinski definition) is 6. The van der Waals surface area contributed by atoms with E-state index in [1.54, 1.807) is 6.07 Å². The molecule has 6 nitrogen and oxygen atoms in total. The van der Waals surface area contributed by atoms with E-state index in [1.165, 1.54) is 21.3 Å². The van der Waals surface area contributed by atoms with Crippen LogP contribution in [0.15, 0.2) is 6.07 Å². The van der Waals surface area contributed by atoms with E-state index >= 15 is 0 Å². The maximum atomic E-state index is 13.3. The molecule has 1 aliphatic heterocycles. The SMILES string of the molecule is COc1cc(OC)c2c(c1Cl)O[C@@]1(C2=O)[C@H](C)CC(=O)C[C@@H]1OC. The van der Waals surface area contributed by atoms with Crippen LogP contribution in [0.2, 0.25) is 5.02 Å². The van der Waals surface area contributed by atoms with E-state index in [1.807, 2.05) is 6.92 Å². The highest BCUT2D eigenvalue weighted by Gasteiger charge is 2.61. The van der Waals surface area contributed by atoms with Gasteiger partial charge in [-0.25, -0.2) is 0 Å². The summed E-state index contributed by atoms with van der Waals surface area (Å²) in [7, 11) is 4.40. The molecule has 130 valence electrons.